The fourth-order valence-electron chi connectivity index (χ4n) is 4.66. The van der Waals surface area contributed by atoms with E-state index in [9.17, 15) is 32.0 Å². The molecule has 1 aliphatic rings. The van der Waals surface area contributed by atoms with E-state index in [1.165, 1.54) is 30.3 Å². The summed E-state index contributed by atoms with van der Waals surface area (Å²) in [7, 11) is -4.03. The summed E-state index contributed by atoms with van der Waals surface area (Å²) < 4.78 is 73.6. The summed E-state index contributed by atoms with van der Waals surface area (Å²) in [5, 5.41) is 11.9. The lowest BCUT2D eigenvalue weighted by Crippen LogP contribution is -2.40. The molecule has 1 heterocycles. The largest absolute Gasteiger partial charge is 0.619 e. The van der Waals surface area contributed by atoms with Crippen LogP contribution >= 0.6 is 23.2 Å². The first-order valence-electron chi connectivity index (χ1n) is 15.2. The number of benzene rings is 2. The van der Waals surface area contributed by atoms with Gasteiger partial charge in [-0.05, 0) is 81.3 Å². The Morgan fingerprint density at radius 3 is 2.22 bits per heavy atom. The minimum absolute atomic E-state index is 0.0287. The molecule has 0 N–H and O–H groups in total. The van der Waals surface area contributed by atoms with Gasteiger partial charge in [-0.1, -0.05) is 41.4 Å². The number of rotatable bonds is 14. The minimum atomic E-state index is -4.03. The van der Waals surface area contributed by atoms with E-state index in [0.29, 0.717) is 38.3 Å². The number of aromatic nitrogens is 1. The lowest BCUT2D eigenvalue weighted by atomic mass is 10.0. The zero-order valence-corrected chi connectivity index (χ0v) is 29.5. The molecule has 4 rings (SSSR count). The predicted octanol–water partition coefficient (Wildman–Crippen LogP) is 7.18. The maximum Gasteiger partial charge on any atom is 0.428 e. The average Bonchev–Trinajstić information content (AvgIpc) is 3.80. The summed E-state index contributed by atoms with van der Waals surface area (Å²) in [6.45, 7) is 2.04. The summed E-state index contributed by atoms with van der Waals surface area (Å²) >= 11 is 12.6. The Kier molecular flexibility index (Phi) is 12.2. The normalized spacial score (nSPS) is 13.9. The van der Waals surface area contributed by atoms with Gasteiger partial charge < -0.3 is 24.2 Å². The number of aryl methyl sites for hydroxylation is 1. The van der Waals surface area contributed by atoms with Crippen molar-refractivity contribution in [2.24, 2.45) is 5.92 Å². The molecule has 0 radical (unpaired) electrons. The standard InChI is InChI=1S/C33H36Cl2F2N2O9S/c1-33(2,3)48-32(41)39(49(4,43)44)23-11-7-20(8-12-23)9-14-30(40)46-28(16-24-25(34)17-38(42)18-26(24)35)22-10-13-27(47-31(36)37)29(15-22)45-19-21-5-6-21/h7-8,10-13,15,17-18,21,28,31H,5-6,9,14,16,19H2,1-4H3. The molecule has 11 nitrogen and oxygen atoms in total. The first-order chi connectivity index (χ1) is 22.9. The average molecular weight is 746 g/mol. The first-order valence-corrected chi connectivity index (χ1v) is 17.8. The van der Waals surface area contributed by atoms with Crippen LogP contribution in [0.1, 0.15) is 62.8 Å². The summed E-state index contributed by atoms with van der Waals surface area (Å²) in [6.07, 6.45) is 2.89. The molecule has 0 aliphatic heterocycles. The molecule has 1 unspecified atom stereocenters. The van der Waals surface area contributed by atoms with Crippen LogP contribution in [-0.2, 0) is 37.1 Å². The van der Waals surface area contributed by atoms with Gasteiger partial charge in [0.05, 0.1) is 18.6 Å². The van der Waals surface area contributed by atoms with E-state index >= 15 is 0 Å². The number of hydrogen-bond donors (Lipinski definition) is 0. The highest BCUT2D eigenvalue weighted by Crippen LogP contribution is 2.38. The zero-order chi connectivity index (χ0) is 36.1. The van der Waals surface area contributed by atoms with Crippen LogP contribution in [0.4, 0.5) is 19.3 Å². The lowest BCUT2D eigenvalue weighted by molar-refractivity contribution is -0.605. The smallest absolute Gasteiger partial charge is 0.428 e. The Labute approximate surface area is 293 Å². The Morgan fingerprint density at radius 2 is 1.67 bits per heavy atom. The lowest BCUT2D eigenvalue weighted by Gasteiger charge is -2.26. The molecule has 266 valence electrons. The Bertz CT molecular complexity index is 1740. The highest BCUT2D eigenvalue weighted by Gasteiger charge is 2.31. The summed E-state index contributed by atoms with van der Waals surface area (Å²) in [5.74, 6) is -0.477. The fourth-order valence-corrected chi connectivity index (χ4v) is 6.07. The van der Waals surface area contributed by atoms with Crippen molar-refractivity contribution in [1.29, 1.82) is 0 Å². The number of ether oxygens (including phenoxy) is 4. The third-order valence-corrected chi connectivity index (χ3v) is 8.80. The second-order valence-electron chi connectivity index (χ2n) is 12.5. The molecular formula is C33H36Cl2F2N2O9S. The van der Waals surface area contributed by atoms with Crippen LogP contribution in [0.25, 0.3) is 0 Å². The first kappa shape index (κ1) is 37.9. The van der Waals surface area contributed by atoms with Crippen molar-refractivity contribution in [3.8, 4) is 11.5 Å². The van der Waals surface area contributed by atoms with Gasteiger partial charge in [-0.15, -0.1) is 0 Å². The molecule has 1 saturated carbocycles. The van der Waals surface area contributed by atoms with Crippen molar-refractivity contribution < 1.29 is 50.5 Å². The monoisotopic (exact) mass is 744 g/mol. The molecular weight excluding hydrogens is 709 g/mol. The van der Waals surface area contributed by atoms with E-state index in [1.807, 2.05) is 0 Å². The van der Waals surface area contributed by atoms with Crippen molar-refractivity contribution in [2.75, 3.05) is 17.2 Å². The summed E-state index contributed by atoms with van der Waals surface area (Å²) in [5.41, 5.74) is 0.448. The molecule has 2 aromatic carbocycles. The number of carbonyl (C=O) groups is 2. The molecule has 0 saturated heterocycles. The van der Waals surface area contributed by atoms with Gasteiger partial charge in [0.25, 0.3) is 0 Å². The number of pyridine rings is 1. The van der Waals surface area contributed by atoms with E-state index in [2.05, 4.69) is 4.74 Å². The van der Waals surface area contributed by atoms with Gasteiger partial charge >= 0.3 is 18.7 Å². The quantitative estimate of drug-likeness (QED) is 0.0956. The zero-order valence-electron chi connectivity index (χ0n) is 27.2. The van der Waals surface area contributed by atoms with Crippen LogP contribution in [0.15, 0.2) is 54.9 Å². The fraction of sp³-hybridized carbons (Fsp3) is 0.424. The number of anilines is 1. The number of halogens is 4. The van der Waals surface area contributed by atoms with Crippen LogP contribution < -0.4 is 18.5 Å². The highest BCUT2D eigenvalue weighted by atomic mass is 35.5. The molecule has 1 aromatic heterocycles. The second kappa shape index (κ2) is 15.8. The molecule has 1 fully saturated rings. The maximum atomic E-state index is 13.2. The Morgan fingerprint density at radius 1 is 1.04 bits per heavy atom. The molecule has 3 aromatic rings. The van der Waals surface area contributed by atoms with E-state index in [4.69, 9.17) is 37.4 Å². The number of esters is 1. The van der Waals surface area contributed by atoms with Gasteiger partial charge in [0.2, 0.25) is 10.0 Å². The number of hydrogen-bond acceptors (Lipinski definition) is 9. The SMILES string of the molecule is CC(C)(C)OC(=O)N(c1ccc(CCC(=O)OC(Cc2c(Cl)c[n+]([O-])cc2Cl)c2ccc(OC(F)F)c(OCC3CC3)c2)cc1)S(C)(=O)=O. The van der Waals surface area contributed by atoms with E-state index in [0.717, 1.165) is 31.5 Å². The van der Waals surface area contributed by atoms with Gasteiger partial charge in [0, 0.05) is 18.4 Å². The van der Waals surface area contributed by atoms with E-state index in [-0.39, 0.29) is 46.5 Å². The molecule has 49 heavy (non-hydrogen) atoms. The molecule has 0 spiro atoms. The molecule has 1 atom stereocenters. The molecule has 1 aliphatic carbocycles. The Hall–Kier alpha value is -3.88. The number of carbonyl (C=O) groups excluding carboxylic acids is 2. The van der Waals surface area contributed by atoms with Gasteiger partial charge in [0.1, 0.15) is 21.8 Å². The van der Waals surface area contributed by atoms with Crippen LogP contribution in [0.5, 0.6) is 11.5 Å². The van der Waals surface area contributed by atoms with Crippen molar-refractivity contribution in [1.82, 2.24) is 0 Å². The van der Waals surface area contributed by atoms with Gasteiger partial charge in [-0.2, -0.15) is 17.8 Å². The predicted molar refractivity (Wildman–Crippen MR) is 178 cm³/mol. The number of alkyl halides is 2. The van der Waals surface area contributed by atoms with Gasteiger partial charge in [-0.3, -0.25) is 4.79 Å². The number of amides is 1. The van der Waals surface area contributed by atoms with Gasteiger partial charge in [-0.25, -0.2) is 13.2 Å². The van der Waals surface area contributed by atoms with E-state index < -0.39 is 40.4 Å². The second-order valence-corrected chi connectivity index (χ2v) is 15.1. The molecule has 1 amide bonds. The maximum absolute atomic E-state index is 13.2. The van der Waals surface area contributed by atoms with Crippen LogP contribution in [0.3, 0.4) is 0 Å². The van der Waals surface area contributed by atoms with Crippen molar-refractivity contribution in [3.63, 3.8) is 0 Å². The van der Waals surface area contributed by atoms with Crippen molar-refractivity contribution in [3.05, 3.63) is 86.8 Å². The van der Waals surface area contributed by atoms with Crippen LogP contribution in [0.2, 0.25) is 10.0 Å². The summed E-state index contributed by atoms with van der Waals surface area (Å²) in [6, 6.07) is 10.2. The Balaban J connectivity index is 1.54. The van der Waals surface area contributed by atoms with Crippen LogP contribution in [-0.4, -0.2) is 45.6 Å². The number of nitrogens with zero attached hydrogens (tertiary/aromatic N) is 2. The van der Waals surface area contributed by atoms with Crippen LogP contribution in [0, 0.1) is 11.1 Å². The van der Waals surface area contributed by atoms with Gasteiger partial charge in [0.15, 0.2) is 23.9 Å². The van der Waals surface area contributed by atoms with Crippen molar-refractivity contribution >= 4 is 51.0 Å². The molecule has 16 heteroatoms. The number of sulfonamides is 1. The third kappa shape index (κ3) is 11.3. The van der Waals surface area contributed by atoms with Crippen molar-refractivity contribution in [2.45, 2.75) is 71.2 Å². The minimum Gasteiger partial charge on any atom is -0.619 e. The third-order valence-electron chi connectivity index (χ3n) is 7.13. The topological polar surface area (TPSA) is 135 Å². The molecule has 0 bridgehead atoms. The summed E-state index contributed by atoms with van der Waals surface area (Å²) in [4.78, 5) is 25.9. The van der Waals surface area contributed by atoms with E-state index in [1.54, 1.807) is 32.9 Å². The highest BCUT2D eigenvalue weighted by molar-refractivity contribution is 7.92.